The molecule has 0 unspecified atom stereocenters. The van der Waals surface area contributed by atoms with Crippen LogP contribution in [0.4, 0.5) is 11.4 Å². The maximum Gasteiger partial charge on any atom is 0.317 e. The summed E-state index contributed by atoms with van der Waals surface area (Å²) in [5.74, 6) is -0.0578. The third kappa shape index (κ3) is 2.40. The minimum Gasteiger partial charge on any atom is -0.472 e. The number of carbonyl (C=O) groups is 1. The highest BCUT2D eigenvalue weighted by atomic mass is 16.5. The van der Waals surface area contributed by atoms with Gasteiger partial charge in [-0.15, -0.1) is 0 Å². The standard InChI is InChI=1S/C16H14N2O2/c19-16(15-17-11-12-20-15)18(13-7-3-1-4-8-13)14-9-5-2-6-10-14/h1-10H,11-12H2. The predicted molar refractivity (Wildman–Crippen MR) is 78.3 cm³/mol. The van der Waals surface area contributed by atoms with Gasteiger partial charge in [-0.25, -0.2) is 4.99 Å². The Morgan fingerprint density at radius 3 is 1.95 bits per heavy atom. The number of carbonyl (C=O) groups excluding carboxylic acids is 1. The van der Waals surface area contributed by atoms with E-state index in [1.807, 2.05) is 60.7 Å². The zero-order valence-electron chi connectivity index (χ0n) is 10.9. The van der Waals surface area contributed by atoms with Gasteiger partial charge in [0, 0.05) is 11.4 Å². The lowest BCUT2D eigenvalue weighted by atomic mass is 10.2. The summed E-state index contributed by atoms with van der Waals surface area (Å²) in [5, 5.41) is 0. The number of ether oxygens (including phenoxy) is 1. The average Bonchev–Trinajstić information content (AvgIpc) is 3.04. The van der Waals surface area contributed by atoms with Crippen molar-refractivity contribution in [2.75, 3.05) is 18.1 Å². The number of hydrogen-bond donors (Lipinski definition) is 0. The molecule has 0 aromatic heterocycles. The lowest BCUT2D eigenvalue weighted by molar-refractivity contribution is -0.113. The number of nitrogens with zero attached hydrogens (tertiary/aromatic N) is 2. The zero-order valence-corrected chi connectivity index (χ0v) is 10.9. The second-order valence-corrected chi connectivity index (χ2v) is 4.35. The molecule has 4 nitrogen and oxygen atoms in total. The summed E-state index contributed by atoms with van der Waals surface area (Å²) in [7, 11) is 0. The molecule has 3 rings (SSSR count). The van der Waals surface area contributed by atoms with Crippen LogP contribution in [-0.2, 0) is 9.53 Å². The Bertz CT molecular complexity index is 584. The van der Waals surface area contributed by atoms with E-state index in [-0.39, 0.29) is 11.8 Å². The van der Waals surface area contributed by atoms with Crippen LogP contribution in [0.2, 0.25) is 0 Å². The van der Waals surface area contributed by atoms with Gasteiger partial charge in [0.05, 0.1) is 6.54 Å². The van der Waals surface area contributed by atoms with Gasteiger partial charge in [-0.1, -0.05) is 36.4 Å². The van der Waals surface area contributed by atoms with Crippen LogP contribution in [-0.4, -0.2) is 25.0 Å². The summed E-state index contributed by atoms with van der Waals surface area (Å²) in [6, 6.07) is 19.0. The van der Waals surface area contributed by atoms with Crippen LogP contribution in [0.3, 0.4) is 0 Å². The summed E-state index contributed by atoms with van der Waals surface area (Å²) in [6.45, 7) is 1.01. The van der Waals surface area contributed by atoms with Crippen LogP contribution in [0.15, 0.2) is 65.7 Å². The Labute approximate surface area is 117 Å². The number of amides is 1. The molecule has 2 aromatic rings. The Hall–Kier alpha value is -2.62. The van der Waals surface area contributed by atoms with Gasteiger partial charge >= 0.3 is 5.91 Å². The van der Waals surface area contributed by atoms with Gasteiger partial charge in [-0.05, 0) is 24.3 Å². The molecule has 0 bridgehead atoms. The van der Waals surface area contributed by atoms with Crippen LogP contribution in [0.1, 0.15) is 0 Å². The Kier molecular flexibility index (Phi) is 3.46. The van der Waals surface area contributed by atoms with Crippen molar-refractivity contribution in [2.24, 2.45) is 4.99 Å². The molecule has 0 radical (unpaired) electrons. The molecule has 0 N–H and O–H groups in total. The first-order valence-electron chi connectivity index (χ1n) is 6.48. The third-order valence-electron chi connectivity index (χ3n) is 3.00. The summed E-state index contributed by atoms with van der Waals surface area (Å²) in [5.41, 5.74) is 1.59. The molecule has 0 atom stereocenters. The minimum absolute atomic E-state index is 0.178. The Morgan fingerprint density at radius 1 is 0.950 bits per heavy atom. The summed E-state index contributed by atoms with van der Waals surface area (Å²) >= 11 is 0. The summed E-state index contributed by atoms with van der Waals surface area (Å²) in [6.07, 6.45) is 0. The first kappa shape index (κ1) is 12.4. The molecule has 0 spiro atoms. The highest BCUT2D eigenvalue weighted by molar-refractivity contribution is 6.42. The molecule has 1 aliphatic rings. The number of anilines is 2. The molecule has 0 aliphatic carbocycles. The van der Waals surface area contributed by atoms with Crippen molar-refractivity contribution in [1.29, 1.82) is 0 Å². The van der Waals surface area contributed by atoms with E-state index in [1.165, 1.54) is 0 Å². The normalized spacial score (nSPS) is 13.5. The van der Waals surface area contributed by atoms with E-state index in [1.54, 1.807) is 4.90 Å². The number of hydrogen-bond acceptors (Lipinski definition) is 3. The van der Waals surface area contributed by atoms with E-state index >= 15 is 0 Å². The lowest BCUT2D eigenvalue weighted by Crippen LogP contribution is -2.33. The van der Waals surface area contributed by atoms with Crippen molar-refractivity contribution in [3.8, 4) is 0 Å². The second-order valence-electron chi connectivity index (χ2n) is 4.35. The largest absolute Gasteiger partial charge is 0.472 e. The monoisotopic (exact) mass is 266 g/mol. The van der Waals surface area contributed by atoms with Crippen molar-refractivity contribution in [3.63, 3.8) is 0 Å². The van der Waals surface area contributed by atoms with Crippen LogP contribution < -0.4 is 4.90 Å². The number of para-hydroxylation sites is 2. The lowest BCUT2D eigenvalue weighted by Gasteiger charge is -2.22. The fraction of sp³-hybridized carbons (Fsp3) is 0.125. The van der Waals surface area contributed by atoms with Gasteiger partial charge in [0.2, 0.25) is 0 Å². The first-order chi connectivity index (χ1) is 9.86. The molecule has 2 aromatic carbocycles. The van der Waals surface area contributed by atoms with Crippen LogP contribution in [0.5, 0.6) is 0 Å². The summed E-state index contributed by atoms with van der Waals surface area (Å²) in [4.78, 5) is 18.3. The van der Waals surface area contributed by atoms with Crippen LogP contribution in [0, 0.1) is 0 Å². The number of aliphatic imine (C=N–C) groups is 1. The molecular formula is C16H14N2O2. The van der Waals surface area contributed by atoms with Crippen molar-refractivity contribution in [3.05, 3.63) is 60.7 Å². The molecule has 1 aliphatic heterocycles. The van der Waals surface area contributed by atoms with Crippen molar-refractivity contribution >= 4 is 23.2 Å². The minimum atomic E-state index is -0.236. The maximum absolute atomic E-state index is 12.6. The van der Waals surface area contributed by atoms with Gasteiger partial charge in [0.25, 0.3) is 5.90 Å². The number of benzene rings is 2. The first-order valence-corrected chi connectivity index (χ1v) is 6.48. The fourth-order valence-electron chi connectivity index (χ4n) is 2.10. The quantitative estimate of drug-likeness (QED) is 0.857. The molecule has 0 fully saturated rings. The van der Waals surface area contributed by atoms with E-state index in [0.717, 1.165) is 11.4 Å². The van der Waals surface area contributed by atoms with Crippen LogP contribution >= 0.6 is 0 Å². The van der Waals surface area contributed by atoms with Gasteiger partial charge in [0.15, 0.2) is 0 Å². The molecule has 0 saturated carbocycles. The SMILES string of the molecule is O=C(C1=NCCO1)N(c1ccccc1)c1ccccc1. The Balaban J connectivity index is 2.02. The average molecular weight is 266 g/mol. The highest BCUT2D eigenvalue weighted by Crippen LogP contribution is 2.25. The van der Waals surface area contributed by atoms with Crippen molar-refractivity contribution in [1.82, 2.24) is 0 Å². The number of rotatable bonds is 3. The van der Waals surface area contributed by atoms with E-state index in [2.05, 4.69) is 4.99 Å². The van der Waals surface area contributed by atoms with Gasteiger partial charge in [0.1, 0.15) is 6.61 Å². The van der Waals surface area contributed by atoms with Gasteiger partial charge < -0.3 is 4.74 Å². The van der Waals surface area contributed by atoms with E-state index in [4.69, 9.17) is 4.74 Å². The van der Waals surface area contributed by atoms with Crippen LogP contribution in [0.25, 0.3) is 0 Å². The fourth-order valence-corrected chi connectivity index (χ4v) is 2.10. The predicted octanol–water partition coefficient (Wildman–Crippen LogP) is 2.78. The molecule has 0 saturated heterocycles. The second kappa shape index (κ2) is 5.57. The Morgan fingerprint density at radius 2 is 1.50 bits per heavy atom. The van der Waals surface area contributed by atoms with Gasteiger partial charge in [-0.2, -0.15) is 0 Å². The van der Waals surface area contributed by atoms with Crippen molar-refractivity contribution < 1.29 is 9.53 Å². The smallest absolute Gasteiger partial charge is 0.317 e. The highest BCUT2D eigenvalue weighted by Gasteiger charge is 2.26. The molecular weight excluding hydrogens is 252 g/mol. The topological polar surface area (TPSA) is 41.9 Å². The summed E-state index contributed by atoms with van der Waals surface area (Å²) < 4.78 is 5.30. The molecule has 1 heterocycles. The van der Waals surface area contributed by atoms with Gasteiger partial charge in [-0.3, -0.25) is 9.69 Å². The van der Waals surface area contributed by atoms with E-state index in [0.29, 0.717) is 13.2 Å². The maximum atomic E-state index is 12.6. The molecule has 20 heavy (non-hydrogen) atoms. The molecule has 100 valence electrons. The molecule has 4 heteroatoms. The van der Waals surface area contributed by atoms with E-state index < -0.39 is 0 Å². The van der Waals surface area contributed by atoms with E-state index in [9.17, 15) is 4.79 Å². The molecule has 1 amide bonds. The third-order valence-corrected chi connectivity index (χ3v) is 3.00. The van der Waals surface area contributed by atoms with Crippen molar-refractivity contribution in [2.45, 2.75) is 0 Å². The zero-order chi connectivity index (χ0) is 13.8.